The topological polar surface area (TPSA) is 96.7 Å². The first-order valence-electron chi connectivity index (χ1n) is 9.32. The van der Waals surface area contributed by atoms with Crippen LogP contribution in [0.5, 0.6) is 0 Å². The molecule has 2 aromatic carbocycles. The molecule has 0 radical (unpaired) electrons. The number of hydrogen-bond acceptors (Lipinski definition) is 6. The van der Waals surface area contributed by atoms with Crippen LogP contribution in [0.15, 0.2) is 53.4 Å². The van der Waals surface area contributed by atoms with Gasteiger partial charge in [-0.05, 0) is 43.3 Å². The number of non-ortho nitro benzene ring substituents is 1. The normalized spacial score (nSPS) is 15.5. The van der Waals surface area contributed by atoms with E-state index in [-0.39, 0.29) is 23.7 Å². The summed E-state index contributed by atoms with van der Waals surface area (Å²) in [5.74, 6) is -0.493. The van der Waals surface area contributed by atoms with E-state index in [2.05, 4.69) is 4.98 Å². The number of hydrogen-bond donors (Lipinski definition) is 0. The predicted molar refractivity (Wildman–Crippen MR) is 111 cm³/mol. The Morgan fingerprint density at radius 3 is 2.33 bits per heavy atom. The number of nitro groups is 1. The van der Waals surface area contributed by atoms with Crippen molar-refractivity contribution in [1.82, 2.24) is 9.29 Å². The van der Waals surface area contributed by atoms with Crippen LogP contribution in [-0.4, -0.2) is 48.8 Å². The number of rotatable bonds is 4. The number of pyridine rings is 1. The molecule has 10 heteroatoms. The average molecular weight is 430 g/mol. The first kappa shape index (κ1) is 20.2. The lowest BCUT2D eigenvalue weighted by Crippen LogP contribution is -2.48. The van der Waals surface area contributed by atoms with Crippen molar-refractivity contribution in [3.63, 3.8) is 0 Å². The quantitative estimate of drug-likeness (QED) is 0.466. The number of piperazine rings is 1. The molecule has 8 nitrogen and oxygen atoms in total. The van der Waals surface area contributed by atoms with E-state index in [1.54, 1.807) is 6.07 Å². The molecule has 0 aliphatic carbocycles. The van der Waals surface area contributed by atoms with Gasteiger partial charge in [0.1, 0.15) is 5.82 Å². The van der Waals surface area contributed by atoms with Crippen LogP contribution in [-0.2, 0) is 10.0 Å². The number of nitrogens with zero attached hydrogens (tertiary/aromatic N) is 4. The maximum Gasteiger partial charge on any atom is 0.270 e. The maximum absolute atomic E-state index is 13.1. The van der Waals surface area contributed by atoms with Gasteiger partial charge in [-0.3, -0.25) is 15.1 Å². The van der Waals surface area contributed by atoms with Crippen molar-refractivity contribution in [2.75, 3.05) is 31.1 Å². The number of sulfonamides is 1. The van der Waals surface area contributed by atoms with Gasteiger partial charge >= 0.3 is 0 Å². The highest BCUT2D eigenvalue weighted by Gasteiger charge is 2.29. The Morgan fingerprint density at radius 1 is 1.03 bits per heavy atom. The van der Waals surface area contributed by atoms with E-state index < -0.39 is 20.8 Å². The highest BCUT2D eigenvalue weighted by Crippen LogP contribution is 2.31. The Hall–Kier alpha value is -3.11. The zero-order valence-corrected chi connectivity index (χ0v) is 17.0. The molecule has 30 heavy (non-hydrogen) atoms. The largest absolute Gasteiger partial charge is 0.368 e. The molecule has 4 rings (SSSR count). The lowest BCUT2D eigenvalue weighted by atomic mass is 10.1. The highest BCUT2D eigenvalue weighted by atomic mass is 32.2. The number of benzene rings is 2. The molecule has 1 saturated heterocycles. The number of aryl methyl sites for hydroxylation is 1. The van der Waals surface area contributed by atoms with Crippen molar-refractivity contribution in [2.45, 2.75) is 11.8 Å². The number of aromatic nitrogens is 1. The molecule has 3 aromatic rings. The maximum atomic E-state index is 13.1. The minimum Gasteiger partial charge on any atom is -0.368 e. The molecule has 156 valence electrons. The van der Waals surface area contributed by atoms with Crippen molar-refractivity contribution in [2.24, 2.45) is 0 Å². The van der Waals surface area contributed by atoms with Gasteiger partial charge in [0.15, 0.2) is 0 Å². The van der Waals surface area contributed by atoms with Crippen LogP contribution < -0.4 is 4.90 Å². The summed E-state index contributed by atoms with van der Waals surface area (Å²) in [7, 11) is -3.71. The smallest absolute Gasteiger partial charge is 0.270 e. The third-order valence-corrected chi connectivity index (χ3v) is 7.05. The van der Waals surface area contributed by atoms with Gasteiger partial charge in [-0.15, -0.1) is 0 Å². The molecule has 0 saturated carbocycles. The molecule has 0 atom stereocenters. The minimum absolute atomic E-state index is 0.0214. The molecule has 0 unspecified atom stereocenters. The Bertz CT molecular complexity index is 1220. The van der Waals surface area contributed by atoms with Crippen molar-refractivity contribution >= 4 is 32.3 Å². The summed E-state index contributed by atoms with van der Waals surface area (Å²) < 4.78 is 40.2. The van der Waals surface area contributed by atoms with Gasteiger partial charge < -0.3 is 4.90 Å². The summed E-state index contributed by atoms with van der Waals surface area (Å²) in [6.45, 7) is 3.18. The standard InChI is InChI=1S/C20H19FN4O4S/c1-14-12-20(18-13-16(25(26)27)4-7-19(18)22-14)23-8-10-24(11-9-23)30(28,29)17-5-2-15(21)3-6-17/h2-7,12-13H,8-11H2,1H3. The third-order valence-electron chi connectivity index (χ3n) is 5.14. The van der Waals surface area contributed by atoms with E-state index in [1.807, 2.05) is 17.9 Å². The second kappa shape index (κ2) is 7.62. The molecule has 1 aliphatic rings. The fourth-order valence-corrected chi connectivity index (χ4v) is 5.05. The molecule has 0 N–H and O–H groups in total. The van der Waals surface area contributed by atoms with E-state index in [0.717, 1.165) is 23.5 Å². The Labute approximate surface area is 172 Å². The van der Waals surface area contributed by atoms with Gasteiger partial charge in [0.25, 0.3) is 5.69 Å². The van der Waals surface area contributed by atoms with Gasteiger partial charge in [-0.25, -0.2) is 12.8 Å². The van der Waals surface area contributed by atoms with E-state index in [1.165, 1.54) is 28.6 Å². The van der Waals surface area contributed by atoms with Crippen molar-refractivity contribution in [3.8, 4) is 0 Å². The first-order chi connectivity index (χ1) is 14.3. The molecule has 1 fully saturated rings. The molecule has 0 amide bonds. The van der Waals surface area contributed by atoms with Gasteiger partial charge in [0, 0.05) is 55.1 Å². The fraction of sp³-hybridized carbons (Fsp3) is 0.250. The SMILES string of the molecule is Cc1cc(N2CCN(S(=O)(=O)c3ccc(F)cc3)CC2)c2cc([N+](=O)[O-])ccc2n1. The van der Waals surface area contributed by atoms with Crippen LogP contribution in [0.1, 0.15) is 5.69 Å². The monoisotopic (exact) mass is 430 g/mol. The van der Waals surface area contributed by atoms with Crippen molar-refractivity contribution in [3.05, 3.63) is 70.2 Å². The van der Waals surface area contributed by atoms with Gasteiger partial charge in [0.05, 0.1) is 15.3 Å². The summed E-state index contributed by atoms with van der Waals surface area (Å²) in [5.41, 5.74) is 2.19. The van der Waals surface area contributed by atoms with Gasteiger partial charge in [0.2, 0.25) is 10.0 Å². The third kappa shape index (κ3) is 3.71. The summed E-state index contributed by atoms with van der Waals surface area (Å²) in [6.07, 6.45) is 0. The van der Waals surface area contributed by atoms with Crippen LogP contribution in [0.25, 0.3) is 10.9 Å². The molecule has 0 bridgehead atoms. The van der Waals surface area contributed by atoms with E-state index in [4.69, 9.17) is 0 Å². The first-order valence-corrected chi connectivity index (χ1v) is 10.8. The van der Waals surface area contributed by atoms with E-state index in [0.29, 0.717) is 24.0 Å². The summed E-state index contributed by atoms with van der Waals surface area (Å²) in [6, 6.07) is 11.2. The molecule has 1 aromatic heterocycles. The Morgan fingerprint density at radius 2 is 1.70 bits per heavy atom. The van der Waals surface area contributed by atoms with Crippen LogP contribution in [0, 0.1) is 22.9 Å². The van der Waals surface area contributed by atoms with Crippen LogP contribution in [0.2, 0.25) is 0 Å². The summed E-state index contributed by atoms with van der Waals surface area (Å²) in [4.78, 5) is 17.2. The zero-order valence-electron chi connectivity index (χ0n) is 16.2. The number of nitro benzene ring substituents is 1. The van der Waals surface area contributed by atoms with Crippen LogP contribution in [0.3, 0.4) is 0 Å². The number of fused-ring (bicyclic) bond motifs is 1. The highest BCUT2D eigenvalue weighted by molar-refractivity contribution is 7.89. The van der Waals surface area contributed by atoms with Gasteiger partial charge in [-0.2, -0.15) is 4.31 Å². The van der Waals surface area contributed by atoms with Crippen LogP contribution >= 0.6 is 0 Å². The lowest BCUT2D eigenvalue weighted by Gasteiger charge is -2.36. The minimum atomic E-state index is -3.71. The molecule has 2 heterocycles. The summed E-state index contributed by atoms with van der Waals surface area (Å²) >= 11 is 0. The zero-order chi connectivity index (χ0) is 21.5. The molecular weight excluding hydrogens is 411 g/mol. The van der Waals surface area contributed by atoms with Gasteiger partial charge in [-0.1, -0.05) is 0 Å². The fourth-order valence-electron chi connectivity index (χ4n) is 3.62. The second-order valence-corrected chi connectivity index (χ2v) is 9.02. The number of anilines is 1. The Balaban J connectivity index is 1.61. The molecule has 1 aliphatic heterocycles. The summed E-state index contributed by atoms with van der Waals surface area (Å²) in [5, 5.41) is 11.8. The predicted octanol–water partition coefficient (Wildman–Crippen LogP) is 3.10. The second-order valence-electron chi connectivity index (χ2n) is 7.09. The van der Waals surface area contributed by atoms with Crippen molar-refractivity contribution < 1.29 is 17.7 Å². The molecular formula is C20H19FN4O4S. The number of halogens is 1. The van der Waals surface area contributed by atoms with E-state index >= 15 is 0 Å². The Kier molecular flexibility index (Phi) is 5.12. The van der Waals surface area contributed by atoms with Crippen LogP contribution in [0.4, 0.5) is 15.8 Å². The van der Waals surface area contributed by atoms with E-state index in [9.17, 15) is 22.9 Å². The lowest BCUT2D eigenvalue weighted by molar-refractivity contribution is -0.384. The molecule has 0 spiro atoms. The average Bonchev–Trinajstić information content (AvgIpc) is 2.73. The van der Waals surface area contributed by atoms with Crippen molar-refractivity contribution in [1.29, 1.82) is 0 Å².